The highest BCUT2D eigenvalue weighted by molar-refractivity contribution is 6.03. The molecule has 0 fully saturated rings. The molecule has 9 nitrogen and oxygen atoms in total. The summed E-state index contributed by atoms with van der Waals surface area (Å²) < 4.78 is 51.7. The lowest BCUT2D eigenvalue weighted by molar-refractivity contribution is -0.384. The topological polar surface area (TPSA) is 109 Å². The molecule has 0 aliphatic rings. The maximum Gasteiger partial charge on any atom is 0.416 e. The minimum atomic E-state index is -4.59. The highest BCUT2D eigenvalue weighted by Gasteiger charge is 2.30. The Kier molecular flexibility index (Phi) is 7.80. The average Bonchev–Trinajstić information content (AvgIpc) is 3.36. The van der Waals surface area contributed by atoms with Crippen LogP contribution in [-0.4, -0.2) is 20.6 Å². The quantitative estimate of drug-likeness (QED) is 0.182. The molecule has 0 bridgehead atoms. The number of ether oxygens (including phenoxy) is 2. The van der Waals surface area contributed by atoms with Gasteiger partial charge >= 0.3 is 6.18 Å². The third kappa shape index (κ3) is 7.16. The Balaban J connectivity index is 1.44. The van der Waals surface area contributed by atoms with E-state index in [1.54, 1.807) is 0 Å². The summed E-state index contributed by atoms with van der Waals surface area (Å²) in [5, 5.41) is 18.1. The Bertz CT molecular complexity index is 1530. The van der Waals surface area contributed by atoms with Crippen molar-refractivity contribution in [3.05, 3.63) is 106 Å². The third-order valence-electron chi connectivity index (χ3n) is 5.71. The fraction of sp³-hybridized carbons (Fsp3) is 0.214. The number of non-ortho nitro benzene ring substituents is 1. The molecule has 0 aliphatic carbocycles. The minimum absolute atomic E-state index is 0.00698. The van der Waals surface area contributed by atoms with Crippen LogP contribution in [-0.2, 0) is 18.3 Å². The minimum Gasteiger partial charge on any atom is -0.471 e. The first-order valence-corrected chi connectivity index (χ1v) is 12.0. The summed E-state index contributed by atoms with van der Waals surface area (Å²) in [5.41, 5.74) is -0.207. The third-order valence-corrected chi connectivity index (χ3v) is 5.71. The molecule has 3 aromatic carbocycles. The fourth-order valence-electron chi connectivity index (χ4n) is 3.63. The summed E-state index contributed by atoms with van der Waals surface area (Å²) in [7, 11) is 0. The number of carbonyl (C=O) groups is 1. The maximum atomic E-state index is 13.0. The van der Waals surface area contributed by atoms with Crippen LogP contribution in [0, 0.1) is 10.1 Å². The van der Waals surface area contributed by atoms with Gasteiger partial charge in [-0.1, -0.05) is 39.0 Å². The van der Waals surface area contributed by atoms with Crippen molar-refractivity contribution >= 4 is 17.3 Å². The second-order valence-corrected chi connectivity index (χ2v) is 9.84. The lowest BCUT2D eigenvalue weighted by Gasteiger charge is -2.19. The Morgan fingerprint density at radius 2 is 1.68 bits per heavy atom. The number of amides is 1. The molecule has 0 spiro atoms. The fourth-order valence-corrected chi connectivity index (χ4v) is 3.63. The van der Waals surface area contributed by atoms with Crippen LogP contribution < -0.4 is 14.8 Å². The van der Waals surface area contributed by atoms with E-state index in [2.05, 4.69) is 31.2 Å². The Morgan fingerprint density at radius 1 is 0.950 bits per heavy atom. The zero-order chi connectivity index (χ0) is 29.1. The summed E-state index contributed by atoms with van der Waals surface area (Å²) >= 11 is 0. The van der Waals surface area contributed by atoms with Crippen LogP contribution >= 0.6 is 0 Å². The van der Waals surface area contributed by atoms with Crippen molar-refractivity contribution in [1.29, 1.82) is 0 Å². The second kappa shape index (κ2) is 11.1. The molecule has 0 unspecified atom stereocenters. The van der Waals surface area contributed by atoms with Gasteiger partial charge in [0.2, 0.25) is 0 Å². The van der Waals surface area contributed by atoms with E-state index >= 15 is 0 Å². The largest absolute Gasteiger partial charge is 0.471 e. The smallest absolute Gasteiger partial charge is 0.416 e. The number of benzene rings is 3. The summed E-state index contributed by atoms with van der Waals surface area (Å²) in [5.74, 6) is -0.363. The lowest BCUT2D eigenvalue weighted by Crippen LogP contribution is -2.14. The van der Waals surface area contributed by atoms with Crippen LogP contribution in [0.4, 0.5) is 24.5 Å². The molecule has 0 atom stereocenters. The predicted octanol–water partition coefficient (Wildman–Crippen LogP) is 7.19. The van der Waals surface area contributed by atoms with E-state index in [1.165, 1.54) is 29.1 Å². The zero-order valence-electron chi connectivity index (χ0n) is 21.7. The Labute approximate surface area is 227 Å². The molecule has 0 radical (unpaired) electrons. The van der Waals surface area contributed by atoms with E-state index in [9.17, 15) is 28.1 Å². The van der Waals surface area contributed by atoms with Gasteiger partial charge in [-0.05, 0) is 47.4 Å². The van der Waals surface area contributed by atoms with E-state index in [1.807, 2.05) is 24.3 Å². The van der Waals surface area contributed by atoms with Crippen LogP contribution in [0.1, 0.15) is 42.4 Å². The van der Waals surface area contributed by atoms with Crippen molar-refractivity contribution in [1.82, 2.24) is 9.78 Å². The van der Waals surface area contributed by atoms with Crippen LogP contribution in [0.5, 0.6) is 17.2 Å². The van der Waals surface area contributed by atoms with Gasteiger partial charge in [0.1, 0.15) is 17.2 Å². The van der Waals surface area contributed by atoms with Crippen molar-refractivity contribution in [3.63, 3.8) is 0 Å². The van der Waals surface area contributed by atoms with Crippen LogP contribution in [0.25, 0.3) is 0 Å². The number of anilines is 1. The van der Waals surface area contributed by atoms with Crippen molar-refractivity contribution in [2.24, 2.45) is 0 Å². The molecule has 1 heterocycles. The van der Waals surface area contributed by atoms with E-state index < -0.39 is 28.3 Å². The standard InChI is InChI=1S/C28H25F3N4O5/c1-27(2,3)18-7-9-22(10-8-18)39-17-34-12-11-25(33-34)26(36)32-20-14-21(35(37)38)16-24(15-20)40-23-6-4-5-19(13-23)28(29,30)31/h4-16H,17H2,1-3H3,(H,32,36). The normalized spacial score (nSPS) is 11.7. The van der Waals surface area contributed by atoms with Gasteiger partial charge < -0.3 is 14.8 Å². The number of hydrogen-bond acceptors (Lipinski definition) is 6. The van der Waals surface area contributed by atoms with E-state index in [0.717, 1.165) is 35.9 Å². The number of aromatic nitrogens is 2. The monoisotopic (exact) mass is 554 g/mol. The van der Waals surface area contributed by atoms with Crippen LogP contribution in [0.15, 0.2) is 79.0 Å². The van der Waals surface area contributed by atoms with Crippen molar-refractivity contribution in [3.8, 4) is 17.2 Å². The van der Waals surface area contributed by atoms with E-state index in [4.69, 9.17) is 9.47 Å². The SMILES string of the molecule is CC(C)(C)c1ccc(OCn2ccc(C(=O)Nc3cc(Oc4cccc(C(F)(F)F)c4)cc([N+](=O)[O-])c3)n2)cc1. The number of nitro groups is 1. The van der Waals surface area contributed by atoms with Crippen molar-refractivity contribution in [2.75, 3.05) is 5.32 Å². The zero-order valence-corrected chi connectivity index (χ0v) is 21.7. The summed E-state index contributed by atoms with van der Waals surface area (Å²) in [6.07, 6.45) is -3.05. The number of hydrogen-bond donors (Lipinski definition) is 1. The van der Waals surface area contributed by atoms with Crippen LogP contribution in [0.2, 0.25) is 0 Å². The summed E-state index contributed by atoms with van der Waals surface area (Å²) in [4.78, 5) is 23.5. The number of alkyl halides is 3. The van der Waals surface area contributed by atoms with Gasteiger partial charge in [-0.2, -0.15) is 18.3 Å². The molecule has 4 rings (SSSR count). The van der Waals surface area contributed by atoms with Crippen molar-refractivity contribution in [2.45, 2.75) is 39.1 Å². The van der Waals surface area contributed by atoms with Crippen molar-refractivity contribution < 1.29 is 32.4 Å². The Hall–Kier alpha value is -4.87. The Morgan fingerprint density at radius 3 is 2.33 bits per heavy atom. The number of halogens is 3. The molecular weight excluding hydrogens is 529 g/mol. The van der Waals surface area contributed by atoms with Gasteiger partial charge in [-0.25, -0.2) is 4.68 Å². The van der Waals surface area contributed by atoms with Crippen LogP contribution in [0.3, 0.4) is 0 Å². The maximum absolute atomic E-state index is 13.0. The number of nitrogens with one attached hydrogen (secondary N) is 1. The molecule has 0 saturated heterocycles. The molecular formula is C28H25F3N4O5. The molecule has 12 heteroatoms. The molecule has 1 aromatic heterocycles. The number of carbonyl (C=O) groups excluding carboxylic acids is 1. The van der Waals surface area contributed by atoms with Gasteiger partial charge in [0.05, 0.1) is 22.2 Å². The van der Waals surface area contributed by atoms with Gasteiger partial charge in [0.15, 0.2) is 12.4 Å². The van der Waals surface area contributed by atoms with Gasteiger partial charge in [0, 0.05) is 18.3 Å². The average molecular weight is 555 g/mol. The molecule has 40 heavy (non-hydrogen) atoms. The van der Waals surface area contributed by atoms with Gasteiger partial charge in [-0.15, -0.1) is 0 Å². The molecule has 0 saturated carbocycles. The van der Waals surface area contributed by atoms with E-state index in [0.29, 0.717) is 5.75 Å². The first-order valence-electron chi connectivity index (χ1n) is 12.0. The number of nitrogens with zero attached hydrogens (tertiary/aromatic N) is 3. The molecule has 1 N–H and O–H groups in total. The first kappa shape index (κ1) is 28.1. The summed E-state index contributed by atoms with van der Waals surface area (Å²) in [6.45, 7) is 6.36. The lowest BCUT2D eigenvalue weighted by atomic mass is 9.87. The molecule has 1 amide bonds. The first-order chi connectivity index (χ1) is 18.8. The second-order valence-electron chi connectivity index (χ2n) is 9.84. The van der Waals surface area contributed by atoms with E-state index in [-0.39, 0.29) is 35.0 Å². The predicted molar refractivity (Wildman–Crippen MR) is 141 cm³/mol. The van der Waals surface area contributed by atoms with Gasteiger partial charge in [0.25, 0.3) is 11.6 Å². The number of nitro benzene ring substituents is 1. The van der Waals surface area contributed by atoms with Gasteiger partial charge in [-0.3, -0.25) is 14.9 Å². The molecule has 208 valence electrons. The number of rotatable bonds is 8. The highest BCUT2D eigenvalue weighted by atomic mass is 19.4. The summed E-state index contributed by atoms with van der Waals surface area (Å²) in [6, 6.07) is 16.5. The molecule has 4 aromatic rings. The molecule has 0 aliphatic heterocycles. The highest BCUT2D eigenvalue weighted by Crippen LogP contribution is 2.34.